The highest BCUT2D eigenvalue weighted by atomic mass is 16.5. The minimum atomic E-state index is 0.119. The summed E-state index contributed by atoms with van der Waals surface area (Å²) in [6.45, 7) is 4.36. The van der Waals surface area contributed by atoms with Gasteiger partial charge in [-0.25, -0.2) is 0 Å². The lowest BCUT2D eigenvalue weighted by Crippen LogP contribution is -2.28. The summed E-state index contributed by atoms with van der Waals surface area (Å²) in [4.78, 5) is 11.8. The van der Waals surface area contributed by atoms with E-state index in [0.717, 1.165) is 19.5 Å². The Morgan fingerprint density at radius 1 is 1.50 bits per heavy atom. The number of para-hydroxylation sites is 1. The number of carbonyl (C=O) groups is 1. The summed E-state index contributed by atoms with van der Waals surface area (Å²) in [7, 11) is 1.67. The molecule has 20 heavy (non-hydrogen) atoms. The number of hydrogen-bond acceptors (Lipinski definition) is 3. The normalized spacial score (nSPS) is 18.2. The zero-order valence-corrected chi connectivity index (χ0v) is 12.3. The minimum absolute atomic E-state index is 0.119. The number of ether oxygens (including phenoxy) is 1. The fraction of sp³-hybridized carbons (Fsp3) is 0.562. The van der Waals surface area contributed by atoms with Gasteiger partial charge in [0, 0.05) is 44.8 Å². The van der Waals surface area contributed by atoms with Crippen molar-refractivity contribution in [2.24, 2.45) is 5.92 Å². The molecular formula is C16H24N2O2. The van der Waals surface area contributed by atoms with E-state index in [-0.39, 0.29) is 11.8 Å². The summed E-state index contributed by atoms with van der Waals surface area (Å²) in [5.41, 5.74) is 2.60. The van der Waals surface area contributed by atoms with E-state index in [1.165, 1.54) is 11.3 Å². The number of hydrogen-bond donors (Lipinski definition) is 2. The van der Waals surface area contributed by atoms with Gasteiger partial charge in [0.05, 0.1) is 0 Å². The lowest BCUT2D eigenvalue weighted by Gasteiger charge is -2.13. The fourth-order valence-corrected chi connectivity index (χ4v) is 2.73. The third-order valence-electron chi connectivity index (χ3n) is 3.74. The van der Waals surface area contributed by atoms with Gasteiger partial charge < -0.3 is 15.4 Å². The van der Waals surface area contributed by atoms with E-state index in [1.807, 2.05) is 13.0 Å². The van der Waals surface area contributed by atoms with Crippen molar-refractivity contribution in [3.05, 3.63) is 29.8 Å². The highest BCUT2D eigenvalue weighted by Gasteiger charge is 2.21. The van der Waals surface area contributed by atoms with Crippen molar-refractivity contribution in [3.63, 3.8) is 0 Å². The highest BCUT2D eigenvalue weighted by molar-refractivity contribution is 5.76. The third kappa shape index (κ3) is 3.97. The van der Waals surface area contributed by atoms with Gasteiger partial charge in [-0.2, -0.15) is 0 Å². The number of amides is 1. The van der Waals surface area contributed by atoms with Crippen LogP contribution < -0.4 is 10.6 Å². The van der Waals surface area contributed by atoms with E-state index >= 15 is 0 Å². The summed E-state index contributed by atoms with van der Waals surface area (Å²) in [6.07, 6.45) is 1.52. The summed E-state index contributed by atoms with van der Waals surface area (Å²) in [5.74, 6) is 0.894. The smallest absolute Gasteiger partial charge is 0.220 e. The SMILES string of the molecule is COCC(C)CC(=O)NCCC1CNc2ccccc21. The van der Waals surface area contributed by atoms with Crippen molar-refractivity contribution in [1.29, 1.82) is 0 Å². The van der Waals surface area contributed by atoms with Crippen LogP contribution in [0.1, 0.15) is 31.2 Å². The predicted octanol–water partition coefficient (Wildman–Crippen LogP) is 2.37. The minimum Gasteiger partial charge on any atom is -0.384 e. The molecule has 1 aliphatic heterocycles. The maximum atomic E-state index is 11.8. The molecule has 1 aromatic rings. The first kappa shape index (κ1) is 14.9. The molecule has 2 atom stereocenters. The van der Waals surface area contributed by atoms with Gasteiger partial charge in [0.15, 0.2) is 0 Å². The van der Waals surface area contributed by atoms with E-state index in [0.29, 0.717) is 18.9 Å². The van der Waals surface area contributed by atoms with E-state index in [4.69, 9.17) is 4.74 Å². The number of nitrogens with one attached hydrogen (secondary N) is 2. The van der Waals surface area contributed by atoms with Gasteiger partial charge in [-0.3, -0.25) is 4.79 Å². The first-order valence-corrected chi connectivity index (χ1v) is 7.29. The molecule has 2 N–H and O–H groups in total. The van der Waals surface area contributed by atoms with Crippen LogP contribution >= 0.6 is 0 Å². The van der Waals surface area contributed by atoms with Crippen molar-refractivity contribution < 1.29 is 9.53 Å². The van der Waals surface area contributed by atoms with Gasteiger partial charge in [0.25, 0.3) is 0 Å². The average molecular weight is 276 g/mol. The molecule has 1 amide bonds. The Morgan fingerprint density at radius 2 is 2.30 bits per heavy atom. The number of carbonyl (C=O) groups excluding carboxylic acids is 1. The van der Waals surface area contributed by atoms with Crippen LogP contribution in [0.25, 0.3) is 0 Å². The van der Waals surface area contributed by atoms with E-state index in [2.05, 4.69) is 28.8 Å². The van der Waals surface area contributed by atoms with Crippen molar-refractivity contribution in [2.75, 3.05) is 32.1 Å². The molecule has 4 heteroatoms. The molecule has 2 rings (SSSR count). The standard InChI is InChI=1S/C16H24N2O2/c1-12(11-20-2)9-16(19)17-8-7-13-10-18-15-6-4-3-5-14(13)15/h3-6,12-13,18H,7-11H2,1-2H3,(H,17,19). The largest absolute Gasteiger partial charge is 0.384 e. The van der Waals surface area contributed by atoms with Crippen LogP contribution in [0.15, 0.2) is 24.3 Å². The van der Waals surface area contributed by atoms with Crippen LogP contribution in [0.4, 0.5) is 5.69 Å². The summed E-state index contributed by atoms with van der Waals surface area (Å²) in [6, 6.07) is 8.40. The zero-order chi connectivity index (χ0) is 14.4. The molecule has 0 spiro atoms. The third-order valence-corrected chi connectivity index (χ3v) is 3.74. The number of methoxy groups -OCH3 is 1. The quantitative estimate of drug-likeness (QED) is 0.804. The van der Waals surface area contributed by atoms with Crippen molar-refractivity contribution in [2.45, 2.75) is 25.7 Å². The van der Waals surface area contributed by atoms with Gasteiger partial charge in [0.2, 0.25) is 5.91 Å². The van der Waals surface area contributed by atoms with Crippen LogP contribution in [0.5, 0.6) is 0 Å². The molecule has 110 valence electrons. The first-order chi connectivity index (χ1) is 9.70. The van der Waals surface area contributed by atoms with E-state index in [9.17, 15) is 4.79 Å². The molecule has 2 unspecified atom stereocenters. The Bertz CT molecular complexity index is 448. The average Bonchev–Trinajstić information content (AvgIpc) is 2.82. The number of anilines is 1. The fourth-order valence-electron chi connectivity index (χ4n) is 2.73. The maximum Gasteiger partial charge on any atom is 0.220 e. The lowest BCUT2D eigenvalue weighted by atomic mass is 9.98. The van der Waals surface area contributed by atoms with Crippen LogP contribution in [-0.2, 0) is 9.53 Å². The molecular weight excluding hydrogens is 252 g/mol. The summed E-state index contributed by atoms with van der Waals surface area (Å²) < 4.78 is 5.04. The number of benzene rings is 1. The van der Waals surface area contributed by atoms with Crippen LogP contribution in [0.3, 0.4) is 0 Å². The Labute approximate surface area is 120 Å². The van der Waals surface area contributed by atoms with Gasteiger partial charge in [-0.15, -0.1) is 0 Å². The van der Waals surface area contributed by atoms with E-state index in [1.54, 1.807) is 7.11 Å². The van der Waals surface area contributed by atoms with Gasteiger partial charge in [-0.1, -0.05) is 25.1 Å². The summed E-state index contributed by atoms with van der Waals surface area (Å²) >= 11 is 0. The van der Waals surface area contributed by atoms with Crippen molar-refractivity contribution >= 4 is 11.6 Å². The van der Waals surface area contributed by atoms with Gasteiger partial charge in [-0.05, 0) is 24.0 Å². The Hall–Kier alpha value is -1.55. The Balaban J connectivity index is 1.71. The van der Waals surface area contributed by atoms with Crippen molar-refractivity contribution in [1.82, 2.24) is 5.32 Å². The molecule has 0 aliphatic carbocycles. The zero-order valence-electron chi connectivity index (χ0n) is 12.3. The highest BCUT2D eigenvalue weighted by Crippen LogP contribution is 2.32. The van der Waals surface area contributed by atoms with Crippen LogP contribution in [-0.4, -0.2) is 32.7 Å². The number of rotatable bonds is 7. The molecule has 1 aliphatic rings. The van der Waals surface area contributed by atoms with Gasteiger partial charge in [0.1, 0.15) is 0 Å². The molecule has 0 bridgehead atoms. The first-order valence-electron chi connectivity index (χ1n) is 7.29. The Morgan fingerprint density at radius 3 is 3.10 bits per heavy atom. The second-order valence-corrected chi connectivity index (χ2v) is 5.57. The molecule has 0 radical (unpaired) electrons. The topological polar surface area (TPSA) is 50.4 Å². The predicted molar refractivity (Wildman–Crippen MR) is 81.0 cm³/mol. The maximum absolute atomic E-state index is 11.8. The second kappa shape index (κ2) is 7.29. The molecule has 0 aromatic heterocycles. The van der Waals surface area contributed by atoms with Crippen LogP contribution in [0.2, 0.25) is 0 Å². The number of fused-ring (bicyclic) bond motifs is 1. The molecule has 1 aromatic carbocycles. The molecule has 4 nitrogen and oxygen atoms in total. The molecule has 0 fully saturated rings. The lowest BCUT2D eigenvalue weighted by molar-refractivity contribution is -0.122. The molecule has 1 heterocycles. The van der Waals surface area contributed by atoms with Crippen molar-refractivity contribution in [3.8, 4) is 0 Å². The monoisotopic (exact) mass is 276 g/mol. The molecule has 0 saturated carbocycles. The Kier molecular flexibility index (Phi) is 5.41. The van der Waals surface area contributed by atoms with Crippen LogP contribution in [0, 0.1) is 5.92 Å². The van der Waals surface area contributed by atoms with E-state index < -0.39 is 0 Å². The van der Waals surface area contributed by atoms with Gasteiger partial charge >= 0.3 is 0 Å². The summed E-state index contributed by atoms with van der Waals surface area (Å²) in [5, 5.41) is 6.42. The molecule has 0 saturated heterocycles. The second-order valence-electron chi connectivity index (χ2n) is 5.57.